The molecule has 0 fully saturated rings. The molecule has 0 spiro atoms. The monoisotopic (exact) mass is 161 g/mol. The molecule has 0 amide bonds. The van der Waals surface area contributed by atoms with E-state index in [1.807, 2.05) is 0 Å². The van der Waals surface area contributed by atoms with Crippen molar-refractivity contribution in [1.29, 1.82) is 0 Å². The normalized spacial score (nSPS) is 11.4. The summed E-state index contributed by atoms with van der Waals surface area (Å²) in [6.45, 7) is 0.665. The molecule has 0 radical (unpaired) electrons. The lowest BCUT2D eigenvalue weighted by Gasteiger charge is -1.97. The Balaban J connectivity index is 3.01. The van der Waals surface area contributed by atoms with Gasteiger partial charge in [0.2, 0.25) is 6.40 Å². The van der Waals surface area contributed by atoms with Gasteiger partial charge in [0.1, 0.15) is 0 Å². The van der Waals surface area contributed by atoms with Crippen LogP contribution >= 0.6 is 0 Å². The molecule has 0 saturated carbocycles. The zero-order chi connectivity index (χ0) is 8.36. The van der Waals surface area contributed by atoms with E-state index in [9.17, 15) is 0 Å². The molecule has 0 atom stereocenters. The highest BCUT2D eigenvalue weighted by molar-refractivity contribution is 5.45. The van der Waals surface area contributed by atoms with Gasteiger partial charge in [-0.1, -0.05) is 10.3 Å². The van der Waals surface area contributed by atoms with Crippen LogP contribution < -0.4 is 11.3 Å². The number of hydrogen-bond donors (Lipinski definition) is 3. The van der Waals surface area contributed by atoms with Gasteiger partial charge in [0.15, 0.2) is 0 Å². The van der Waals surface area contributed by atoms with Crippen LogP contribution in [0.25, 0.3) is 0 Å². The molecule has 0 aliphatic heterocycles. The second-order valence-corrected chi connectivity index (χ2v) is 1.52. The predicted octanol–water partition coefficient (Wildman–Crippen LogP) is -0.841. The van der Waals surface area contributed by atoms with Gasteiger partial charge in [-0.05, 0) is 11.6 Å². The number of nitrogens with one attached hydrogen (secondary N) is 1. The van der Waals surface area contributed by atoms with Crippen LogP contribution in [-0.2, 0) is 4.84 Å². The topological polar surface area (TPSA) is 105 Å². The summed E-state index contributed by atoms with van der Waals surface area (Å²) in [4.78, 5) is 4.58. The van der Waals surface area contributed by atoms with Crippen LogP contribution in [0.2, 0.25) is 0 Å². The molecule has 0 aliphatic rings. The van der Waals surface area contributed by atoms with E-state index >= 15 is 0 Å². The summed E-state index contributed by atoms with van der Waals surface area (Å²) in [5, 5.41) is 17.5. The van der Waals surface area contributed by atoms with Crippen LogP contribution in [-0.4, -0.2) is 24.7 Å². The first-order valence-electron chi connectivity index (χ1n) is 3.03. The Kier molecular flexibility index (Phi) is 7.82. The third-order valence-electron chi connectivity index (χ3n) is 0.723. The maximum atomic E-state index is 8.33. The predicted molar refractivity (Wildman–Crippen MR) is 38.3 cm³/mol. The molecule has 0 unspecified atom stereocenters. The van der Waals surface area contributed by atoms with Gasteiger partial charge in [-0.3, -0.25) is 0 Å². The molecule has 0 aromatic carbocycles. The van der Waals surface area contributed by atoms with Crippen molar-refractivity contribution in [3.63, 3.8) is 0 Å². The standard InChI is InChI=1S/C4H11N5O2/c5-8-9-6-4-11-7-2-1-3-10/h4,7,10H,1-3H2,(H2,5,9). The van der Waals surface area contributed by atoms with Crippen molar-refractivity contribution < 1.29 is 9.94 Å². The minimum atomic E-state index is 0.121. The Hall–Kier alpha value is -1.21. The first-order chi connectivity index (χ1) is 5.41. The van der Waals surface area contributed by atoms with Gasteiger partial charge in [0, 0.05) is 13.2 Å². The average Bonchev–Trinajstić information content (AvgIpc) is 2.03. The van der Waals surface area contributed by atoms with Crippen molar-refractivity contribution in [3.8, 4) is 0 Å². The molecular weight excluding hydrogens is 150 g/mol. The van der Waals surface area contributed by atoms with E-state index in [-0.39, 0.29) is 6.61 Å². The van der Waals surface area contributed by atoms with E-state index in [1.54, 1.807) is 0 Å². The van der Waals surface area contributed by atoms with Gasteiger partial charge in [0.25, 0.3) is 0 Å². The number of hydroxylamine groups is 1. The summed E-state index contributed by atoms with van der Waals surface area (Å²) in [5.41, 5.74) is 2.49. The molecule has 0 saturated heterocycles. The number of nitrogens with two attached hydrogens (primary N) is 1. The highest BCUT2D eigenvalue weighted by Crippen LogP contribution is 1.72. The van der Waals surface area contributed by atoms with Crippen LogP contribution in [0, 0.1) is 0 Å². The van der Waals surface area contributed by atoms with Crippen molar-refractivity contribution >= 4 is 6.40 Å². The Morgan fingerprint density at radius 1 is 1.64 bits per heavy atom. The Labute approximate surface area is 63.9 Å². The Morgan fingerprint density at radius 3 is 3.09 bits per heavy atom. The number of aliphatic hydroxyl groups is 1. The van der Waals surface area contributed by atoms with Crippen molar-refractivity contribution in [2.24, 2.45) is 21.4 Å². The minimum Gasteiger partial charge on any atom is -0.396 e. The fourth-order valence-electron chi connectivity index (χ4n) is 0.322. The fraction of sp³-hybridized carbons (Fsp3) is 0.750. The van der Waals surface area contributed by atoms with Crippen LogP contribution in [0.15, 0.2) is 15.5 Å². The second kappa shape index (κ2) is 8.79. The largest absolute Gasteiger partial charge is 0.396 e. The first-order valence-corrected chi connectivity index (χ1v) is 3.03. The maximum absolute atomic E-state index is 8.33. The fourth-order valence-corrected chi connectivity index (χ4v) is 0.322. The van der Waals surface area contributed by atoms with E-state index in [1.165, 1.54) is 0 Å². The van der Waals surface area contributed by atoms with Crippen molar-refractivity contribution in [2.75, 3.05) is 13.2 Å². The van der Waals surface area contributed by atoms with E-state index in [2.05, 4.69) is 31.7 Å². The van der Waals surface area contributed by atoms with E-state index < -0.39 is 0 Å². The Morgan fingerprint density at radius 2 is 2.45 bits per heavy atom. The van der Waals surface area contributed by atoms with Gasteiger partial charge in [-0.2, -0.15) is 5.48 Å². The summed E-state index contributed by atoms with van der Waals surface area (Å²) in [6, 6.07) is 0. The van der Waals surface area contributed by atoms with E-state index in [0.29, 0.717) is 13.0 Å². The minimum absolute atomic E-state index is 0.121. The number of nitrogens with zero attached hydrogens (tertiary/aromatic N) is 3. The molecule has 4 N–H and O–H groups in total. The Bertz CT molecular complexity index is 126. The lowest BCUT2D eigenvalue weighted by Crippen LogP contribution is -2.15. The highest BCUT2D eigenvalue weighted by atomic mass is 16.6. The third kappa shape index (κ3) is 8.79. The molecule has 0 aromatic heterocycles. The van der Waals surface area contributed by atoms with E-state index in [0.717, 1.165) is 6.40 Å². The number of aliphatic hydroxyl groups excluding tert-OH is 1. The first kappa shape index (κ1) is 9.79. The molecule has 11 heavy (non-hydrogen) atoms. The maximum Gasteiger partial charge on any atom is 0.223 e. The second-order valence-electron chi connectivity index (χ2n) is 1.52. The third-order valence-corrected chi connectivity index (χ3v) is 0.723. The van der Waals surface area contributed by atoms with Crippen LogP contribution in [0.3, 0.4) is 0 Å². The summed E-state index contributed by atoms with van der Waals surface area (Å²) in [7, 11) is 0. The molecule has 7 heteroatoms. The van der Waals surface area contributed by atoms with Gasteiger partial charge >= 0.3 is 0 Å². The molecule has 0 heterocycles. The lowest BCUT2D eigenvalue weighted by molar-refractivity contribution is 0.177. The summed E-state index contributed by atoms with van der Waals surface area (Å²) in [6.07, 6.45) is 1.67. The molecule has 0 aliphatic carbocycles. The quantitative estimate of drug-likeness (QED) is 0.118. The van der Waals surface area contributed by atoms with Gasteiger partial charge in [-0.15, -0.1) is 0 Å². The number of rotatable bonds is 6. The summed E-state index contributed by atoms with van der Waals surface area (Å²) >= 11 is 0. The highest BCUT2D eigenvalue weighted by Gasteiger charge is 1.81. The van der Waals surface area contributed by atoms with Gasteiger partial charge in [0.05, 0.1) is 0 Å². The van der Waals surface area contributed by atoms with Gasteiger partial charge in [-0.25, -0.2) is 0 Å². The SMILES string of the molecule is NN=NN=CONCCCO. The average molecular weight is 161 g/mol. The molecule has 0 aromatic rings. The van der Waals surface area contributed by atoms with Crippen LogP contribution in [0.4, 0.5) is 0 Å². The van der Waals surface area contributed by atoms with Crippen LogP contribution in [0.1, 0.15) is 6.42 Å². The molecule has 64 valence electrons. The molecule has 0 rings (SSSR count). The summed E-state index contributed by atoms with van der Waals surface area (Å²) < 4.78 is 0. The molecule has 0 bridgehead atoms. The lowest BCUT2D eigenvalue weighted by atomic mass is 10.5. The smallest absolute Gasteiger partial charge is 0.223 e. The van der Waals surface area contributed by atoms with E-state index in [4.69, 9.17) is 5.11 Å². The molecule has 7 nitrogen and oxygen atoms in total. The molecular formula is C4H11N5O2. The van der Waals surface area contributed by atoms with Gasteiger partial charge < -0.3 is 15.8 Å². The van der Waals surface area contributed by atoms with Crippen molar-refractivity contribution in [3.05, 3.63) is 0 Å². The van der Waals surface area contributed by atoms with Crippen molar-refractivity contribution in [1.82, 2.24) is 5.48 Å². The van der Waals surface area contributed by atoms with Crippen molar-refractivity contribution in [2.45, 2.75) is 6.42 Å². The van der Waals surface area contributed by atoms with Crippen LogP contribution in [0.5, 0.6) is 0 Å². The number of hydrogen-bond acceptors (Lipinski definition) is 5. The summed E-state index contributed by atoms with van der Waals surface area (Å²) in [5.74, 6) is 4.63. The zero-order valence-electron chi connectivity index (χ0n) is 5.97. The zero-order valence-corrected chi connectivity index (χ0v) is 5.97.